The molecule has 1 amide bonds. The number of amides is 1. The lowest BCUT2D eigenvalue weighted by Gasteiger charge is -2.27. The molecule has 0 aliphatic carbocycles. The van der Waals surface area contributed by atoms with Crippen LogP contribution in [0.2, 0.25) is 0 Å². The van der Waals surface area contributed by atoms with Crippen LogP contribution in [0.15, 0.2) is 59.4 Å². The maximum absolute atomic E-state index is 13.1. The highest BCUT2D eigenvalue weighted by Crippen LogP contribution is 2.27. The van der Waals surface area contributed by atoms with E-state index < -0.39 is 6.04 Å². The van der Waals surface area contributed by atoms with E-state index >= 15 is 0 Å². The normalized spacial score (nSPS) is 13.7. The van der Waals surface area contributed by atoms with E-state index in [4.69, 9.17) is 0 Å². The second kappa shape index (κ2) is 10.0. The average molecular weight is 463 g/mol. The third-order valence-corrected chi connectivity index (χ3v) is 6.43. The number of rotatable bonds is 7. The summed E-state index contributed by atoms with van der Waals surface area (Å²) in [6.07, 6.45) is 0. The van der Waals surface area contributed by atoms with Gasteiger partial charge in [0.25, 0.3) is 5.56 Å². The molecule has 0 spiro atoms. The molecule has 3 aromatic rings. The number of nitrogens with one attached hydrogen (secondary N) is 2. The molecule has 0 radical (unpaired) electrons. The summed E-state index contributed by atoms with van der Waals surface area (Å²) in [5, 5.41) is 6.35. The van der Waals surface area contributed by atoms with Crippen molar-refractivity contribution >= 4 is 11.6 Å². The first kappa shape index (κ1) is 25.5. The molecule has 0 bridgehead atoms. The van der Waals surface area contributed by atoms with Gasteiger partial charge in [-0.2, -0.15) is 0 Å². The van der Waals surface area contributed by atoms with Gasteiger partial charge in [-0.05, 0) is 48.4 Å². The van der Waals surface area contributed by atoms with Crippen molar-refractivity contribution in [2.75, 3.05) is 5.32 Å². The maximum Gasteiger partial charge on any atom is 0.295 e. The Balaban J connectivity index is 1.80. The van der Waals surface area contributed by atoms with Crippen molar-refractivity contribution in [3.63, 3.8) is 0 Å². The van der Waals surface area contributed by atoms with Crippen molar-refractivity contribution in [2.45, 2.75) is 66.0 Å². The fraction of sp³-hybridized carbons (Fsp3) is 0.429. The first-order valence-corrected chi connectivity index (χ1v) is 11.9. The van der Waals surface area contributed by atoms with Crippen molar-refractivity contribution in [2.24, 2.45) is 13.0 Å². The van der Waals surface area contributed by atoms with Gasteiger partial charge in [0.2, 0.25) is 5.91 Å². The van der Waals surface area contributed by atoms with Crippen LogP contribution >= 0.6 is 0 Å². The van der Waals surface area contributed by atoms with E-state index in [0.29, 0.717) is 11.4 Å². The van der Waals surface area contributed by atoms with E-state index in [9.17, 15) is 9.59 Å². The maximum atomic E-state index is 13.1. The number of anilines is 1. The molecule has 2 aromatic carbocycles. The monoisotopic (exact) mass is 462 g/mol. The van der Waals surface area contributed by atoms with E-state index in [1.54, 1.807) is 9.36 Å². The van der Waals surface area contributed by atoms with Crippen molar-refractivity contribution < 1.29 is 4.79 Å². The molecular formula is C28H38N4O2. The third-order valence-electron chi connectivity index (χ3n) is 6.43. The first-order chi connectivity index (χ1) is 15.9. The van der Waals surface area contributed by atoms with Crippen LogP contribution in [-0.2, 0) is 17.3 Å². The van der Waals surface area contributed by atoms with Gasteiger partial charge in [0, 0.05) is 13.1 Å². The van der Waals surface area contributed by atoms with Crippen molar-refractivity contribution in [1.29, 1.82) is 0 Å². The summed E-state index contributed by atoms with van der Waals surface area (Å²) in [6, 6.07) is 17.5. The number of hydrogen-bond acceptors (Lipinski definition) is 3. The summed E-state index contributed by atoms with van der Waals surface area (Å²) in [4.78, 5) is 26.3. The molecule has 34 heavy (non-hydrogen) atoms. The van der Waals surface area contributed by atoms with Gasteiger partial charge < -0.3 is 5.32 Å². The number of nitrogens with zero attached hydrogens (tertiary/aromatic N) is 2. The fourth-order valence-electron chi connectivity index (χ4n) is 4.15. The number of carbonyl (C=O) groups excluding carboxylic acids is 1. The highest BCUT2D eigenvalue weighted by molar-refractivity contribution is 5.95. The molecule has 182 valence electrons. The second-order valence-corrected chi connectivity index (χ2v) is 10.4. The highest BCUT2D eigenvalue weighted by Gasteiger charge is 2.25. The SMILES string of the molecule is Cc1c(NC(=O)[C@H](C)N[C@H](c2ccc(C(C)(C)C)cc2)C(C)C)c(=O)n(-c2ccccc2)n1C. The zero-order valence-electron chi connectivity index (χ0n) is 21.6. The third kappa shape index (κ3) is 5.33. The summed E-state index contributed by atoms with van der Waals surface area (Å²) in [6.45, 7) is 14.5. The van der Waals surface area contributed by atoms with Gasteiger partial charge in [-0.25, -0.2) is 4.68 Å². The minimum absolute atomic E-state index is 0.00705. The molecule has 0 unspecified atom stereocenters. The Bertz CT molecular complexity index is 1180. The predicted molar refractivity (Wildman–Crippen MR) is 140 cm³/mol. The lowest BCUT2D eigenvalue weighted by atomic mass is 9.85. The van der Waals surface area contributed by atoms with Crippen molar-refractivity contribution in [3.8, 4) is 5.69 Å². The Kier molecular flexibility index (Phi) is 7.51. The largest absolute Gasteiger partial charge is 0.319 e. The molecule has 0 saturated heterocycles. The second-order valence-electron chi connectivity index (χ2n) is 10.4. The minimum Gasteiger partial charge on any atom is -0.319 e. The van der Waals surface area contributed by atoms with Crippen LogP contribution in [0.25, 0.3) is 5.69 Å². The van der Waals surface area contributed by atoms with Gasteiger partial charge in [0.05, 0.1) is 17.4 Å². The zero-order valence-corrected chi connectivity index (χ0v) is 21.6. The Hall–Kier alpha value is -3.12. The van der Waals surface area contributed by atoms with Gasteiger partial charge in [-0.1, -0.05) is 77.1 Å². The molecule has 0 fully saturated rings. The van der Waals surface area contributed by atoms with Crippen molar-refractivity contribution in [3.05, 3.63) is 81.8 Å². The standard InChI is InChI=1S/C28H38N4O2/c1-18(2)24(21-14-16-22(17-15-21)28(5,6)7)29-19(3)26(33)30-25-20(4)31(8)32(27(25)34)23-12-10-9-11-13-23/h9-19,24,29H,1-8H3,(H,30,33)/t19-,24-/m0/s1. The van der Waals surface area contributed by atoms with E-state index in [1.165, 1.54) is 5.56 Å². The number of para-hydroxylation sites is 1. The lowest BCUT2D eigenvalue weighted by molar-refractivity contribution is -0.118. The highest BCUT2D eigenvalue weighted by atomic mass is 16.2. The van der Waals surface area contributed by atoms with Crippen LogP contribution in [0, 0.1) is 12.8 Å². The van der Waals surface area contributed by atoms with Gasteiger partial charge in [-0.15, -0.1) is 0 Å². The smallest absolute Gasteiger partial charge is 0.295 e. The Morgan fingerprint density at radius 2 is 1.53 bits per heavy atom. The molecule has 2 N–H and O–H groups in total. The van der Waals surface area contributed by atoms with Gasteiger partial charge in [0.1, 0.15) is 5.69 Å². The molecule has 0 aliphatic heterocycles. The molecule has 6 nitrogen and oxygen atoms in total. The lowest BCUT2D eigenvalue weighted by Crippen LogP contribution is -2.42. The first-order valence-electron chi connectivity index (χ1n) is 11.9. The predicted octanol–water partition coefficient (Wildman–Crippen LogP) is 5.10. The quantitative estimate of drug-likeness (QED) is 0.514. The van der Waals surface area contributed by atoms with Crippen LogP contribution in [0.1, 0.15) is 64.4 Å². The summed E-state index contributed by atoms with van der Waals surface area (Å²) >= 11 is 0. The summed E-state index contributed by atoms with van der Waals surface area (Å²) in [5.74, 6) is 0.0486. The van der Waals surface area contributed by atoms with Gasteiger partial charge in [-0.3, -0.25) is 19.6 Å². The number of hydrogen-bond donors (Lipinski definition) is 2. The molecule has 6 heteroatoms. The molecular weight excluding hydrogens is 424 g/mol. The Morgan fingerprint density at radius 1 is 0.941 bits per heavy atom. The van der Waals surface area contributed by atoms with Crippen molar-refractivity contribution in [1.82, 2.24) is 14.7 Å². The fourth-order valence-corrected chi connectivity index (χ4v) is 4.15. The number of aromatic nitrogens is 2. The molecule has 0 aliphatic rings. The van der Waals surface area contributed by atoms with Crippen LogP contribution in [0.5, 0.6) is 0 Å². The van der Waals surface area contributed by atoms with E-state index in [1.807, 2.05) is 51.2 Å². The van der Waals surface area contributed by atoms with E-state index in [-0.39, 0.29) is 28.8 Å². The van der Waals surface area contributed by atoms with E-state index in [0.717, 1.165) is 11.3 Å². The molecule has 1 heterocycles. The number of benzene rings is 2. The Morgan fingerprint density at radius 3 is 2.06 bits per heavy atom. The van der Waals surface area contributed by atoms with Crippen LogP contribution in [0.4, 0.5) is 5.69 Å². The Labute approximate surface area is 203 Å². The van der Waals surface area contributed by atoms with Crippen LogP contribution in [-0.4, -0.2) is 21.3 Å². The average Bonchev–Trinajstić information content (AvgIpc) is 3.00. The minimum atomic E-state index is -0.487. The van der Waals surface area contributed by atoms with Crippen LogP contribution in [0.3, 0.4) is 0 Å². The molecule has 0 saturated carbocycles. The summed E-state index contributed by atoms with van der Waals surface area (Å²) in [7, 11) is 1.82. The van der Waals surface area contributed by atoms with Crippen LogP contribution < -0.4 is 16.2 Å². The van der Waals surface area contributed by atoms with Gasteiger partial charge >= 0.3 is 0 Å². The molecule has 2 atom stereocenters. The topological polar surface area (TPSA) is 68.1 Å². The van der Waals surface area contributed by atoms with Gasteiger partial charge in [0.15, 0.2) is 0 Å². The molecule has 3 rings (SSSR count). The molecule has 1 aromatic heterocycles. The summed E-state index contributed by atoms with van der Waals surface area (Å²) < 4.78 is 3.33. The number of carbonyl (C=O) groups is 1. The zero-order chi connectivity index (χ0) is 25.2. The summed E-state index contributed by atoms with van der Waals surface area (Å²) in [5.41, 5.74) is 4.03. The van der Waals surface area contributed by atoms with E-state index in [2.05, 4.69) is 69.5 Å².